The summed E-state index contributed by atoms with van der Waals surface area (Å²) in [6, 6.07) is 2.43. The van der Waals surface area contributed by atoms with Crippen LogP contribution in [0.5, 0.6) is 0 Å². The van der Waals surface area contributed by atoms with Crippen molar-refractivity contribution in [2.45, 2.75) is 38.1 Å². The van der Waals surface area contributed by atoms with Crippen LogP contribution in [0.4, 0.5) is 4.39 Å². The topological polar surface area (TPSA) is 83.5 Å². The number of nitrogens with one attached hydrogen (secondary N) is 1. The Morgan fingerprint density at radius 2 is 2.00 bits per heavy atom. The Balaban J connectivity index is 3.10. The van der Waals surface area contributed by atoms with Crippen LogP contribution in [0.15, 0.2) is 23.1 Å². The molecule has 0 aliphatic carbocycles. The standard InChI is InChI=1S/C13H18FNO4S/c1-8(2)7-11(13(16)17)15-20(18,19)12-6-4-5-10(14)9(12)3/h4-6,8,11,15H,7H2,1-3H3,(H,16,17)/t11-/m0/s1. The largest absolute Gasteiger partial charge is 0.480 e. The molecule has 1 aromatic carbocycles. The van der Waals surface area contributed by atoms with Crippen molar-refractivity contribution >= 4 is 16.0 Å². The summed E-state index contributed by atoms with van der Waals surface area (Å²) in [7, 11) is -4.07. The highest BCUT2D eigenvalue weighted by molar-refractivity contribution is 7.89. The molecule has 7 heteroatoms. The van der Waals surface area contributed by atoms with E-state index in [1.807, 2.05) is 0 Å². The fourth-order valence-corrected chi connectivity index (χ4v) is 3.26. The Kier molecular flexibility index (Phi) is 5.24. The molecule has 5 nitrogen and oxygen atoms in total. The number of benzene rings is 1. The van der Waals surface area contributed by atoms with Gasteiger partial charge >= 0.3 is 5.97 Å². The van der Waals surface area contributed by atoms with Crippen molar-refractivity contribution in [2.75, 3.05) is 0 Å². The number of sulfonamides is 1. The number of carbonyl (C=O) groups is 1. The molecule has 0 bridgehead atoms. The van der Waals surface area contributed by atoms with Crippen LogP contribution in [-0.2, 0) is 14.8 Å². The van der Waals surface area contributed by atoms with Gasteiger partial charge in [0.25, 0.3) is 0 Å². The predicted molar refractivity (Wildman–Crippen MR) is 72.3 cm³/mol. The van der Waals surface area contributed by atoms with E-state index in [2.05, 4.69) is 4.72 Å². The van der Waals surface area contributed by atoms with Crippen molar-refractivity contribution < 1.29 is 22.7 Å². The second-order valence-electron chi connectivity index (χ2n) is 5.00. The van der Waals surface area contributed by atoms with Gasteiger partial charge in [-0.25, -0.2) is 12.8 Å². The fourth-order valence-electron chi connectivity index (χ4n) is 1.80. The second-order valence-corrected chi connectivity index (χ2v) is 6.69. The monoisotopic (exact) mass is 303 g/mol. The lowest BCUT2D eigenvalue weighted by atomic mass is 10.1. The van der Waals surface area contributed by atoms with Gasteiger partial charge in [0.2, 0.25) is 10.0 Å². The smallest absolute Gasteiger partial charge is 0.321 e. The molecule has 0 radical (unpaired) electrons. The number of hydrogen-bond donors (Lipinski definition) is 2. The Morgan fingerprint density at radius 1 is 1.40 bits per heavy atom. The SMILES string of the molecule is Cc1c(F)cccc1S(=O)(=O)N[C@@H](CC(C)C)C(=O)O. The molecule has 112 valence electrons. The summed E-state index contributed by atoms with van der Waals surface area (Å²) in [4.78, 5) is 10.9. The second kappa shape index (κ2) is 6.32. The van der Waals surface area contributed by atoms with E-state index in [0.29, 0.717) is 0 Å². The third-order valence-electron chi connectivity index (χ3n) is 2.81. The number of carboxylic acid groups (broad SMARTS) is 1. The van der Waals surface area contributed by atoms with Gasteiger partial charge in [-0.2, -0.15) is 4.72 Å². The van der Waals surface area contributed by atoms with Crippen LogP contribution in [-0.4, -0.2) is 25.5 Å². The molecule has 0 unspecified atom stereocenters. The van der Waals surface area contributed by atoms with Crippen LogP contribution in [0.2, 0.25) is 0 Å². The number of rotatable bonds is 6. The first-order chi connectivity index (χ1) is 9.15. The average molecular weight is 303 g/mol. The van der Waals surface area contributed by atoms with E-state index in [1.54, 1.807) is 13.8 Å². The van der Waals surface area contributed by atoms with E-state index in [-0.39, 0.29) is 22.8 Å². The van der Waals surface area contributed by atoms with Crippen LogP contribution in [0.1, 0.15) is 25.8 Å². The lowest BCUT2D eigenvalue weighted by Crippen LogP contribution is -2.41. The zero-order valence-electron chi connectivity index (χ0n) is 11.6. The molecule has 1 rings (SSSR count). The molecule has 0 fully saturated rings. The van der Waals surface area contributed by atoms with Crippen LogP contribution >= 0.6 is 0 Å². The van der Waals surface area contributed by atoms with Crippen LogP contribution in [0.3, 0.4) is 0 Å². The molecular formula is C13H18FNO4S. The molecule has 0 aromatic heterocycles. The molecule has 1 atom stereocenters. The summed E-state index contributed by atoms with van der Waals surface area (Å²) >= 11 is 0. The first kappa shape index (κ1) is 16.6. The van der Waals surface area contributed by atoms with Crippen molar-refractivity contribution in [3.05, 3.63) is 29.6 Å². The van der Waals surface area contributed by atoms with E-state index < -0.39 is 27.9 Å². The molecule has 0 spiro atoms. The highest BCUT2D eigenvalue weighted by atomic mass is 32.2. The minimum Gasteiger partial charge on any atom is -0.480 e. The van der Waals surface area contributed by atoms with Gasteiger partial charge in [-0.3, -0.25) is 4.79 Å². The average Bonchev–Trinajstić information content (AvgIpc) is 2.30. The fraction of sp³-hybridized carbons (Fsp3) is 0.462. The molecule has 2 N–H and O–H groups in total. The van der Waals surface area contributed by atoms with Crippen LogP contribution < -0.4 is 4.72 Å². The number of carboxylic acids is 1. The van der Waals surface area contributed by atoms with Crippen molar-refractivity contribution in [3.8, 4) is 0 Å². The molecule has 0 saturated carbocycles. The van der Waals surface area contributed by atoms with Crippen LogP contribution in [0.25, 0.3) is 0 Å². The lowest BCUT2D eigenvalue weighted by molar-refractivity contribution is -0.139. The van der Waals surface area contributed by atoms with Gasteiger partial charge in [0.15, 0.2) is 0 Å². The maximum Gasteiger partial charge on any atom is 0.321 e. The normalized spacial score (nSPS) is 13.4. The zero-order chi connectivity index (χ0) is 15.5. The van der Waals surface area contributed by atoms with Gasteiger partial charge in [0.1, 0.15) is 11.9 Å². The minimum absolute atomic E-state index is 0.00686. The lowest BCUT2D eigenvalue weighted by Gasteiger charge is -2.17. The van der Waals surface area contributed by atoms with Gasteiger partial charge in [-0.1, -0.05) is 19.9 Å². The molecule has 1 aromatic rings. The third kappa shape index (κ3) is 4.01. The zero-order valence-corrected chi connectivity index (χ0v) is 12.4. The van der Waals surface area contributed by atoms with Crippen molar-refractivity contribution in [3.63, 3.8) is 0 Å². The first-order valence-electron chi connectivity index (χ1n) is 6.15. The maximum atomic E-state index is 13.4. The van der Waals surface area contributed by atoms with Crippen molar-refractivity contribution in [1.29, 1.82) is 0 Å². The van der Waals surface area contributed by atoms with E-state index in [4.69, 9.17) is 5.11 Å². The van der Waals surface area contributed by atoms with Gasteiger partial charge in [0.05, 0.1) is 4.90 Å². The summed E-state index contributed by atoms with van der Waals surface area (Å²) in [5.41, 5.74) is -0.0336. The van der Waals surface area contributed by atoms with Crippen molar-refractivity contribution in [1.82, 2.24) is 4.72 Å². The summed E-state index contributed by atoms with van der Waals surface area (Å²) in [5, 5.41) is 9.06. The summed E-state index contributed by atoms with van der Waals surface area (Å²) in [6.07, 6.45) is 0.156. The summed E-state index contributed by atoms with van der Waals surface area (Å²) in [6.45, 7) is 4.91. The van der Waals surface area contributed by atoms with Gasteiger partial charge in [0, 0.05) is 5.56 Å². The Labute approximate surface area is 117 Å². The maximum absolute atomic E-state index is 13.4. The molecule has 0 aliphatic heterocycles. The number of aliphatic carboxylic acids is 1. The Hall–Kier alpha value is -1.47. The quantitative estimate of drug-likeness (QED) is 0.841. The van der Waals surface area contributed by atoms with E-state index in [9.17, 15) is 17.6 Å². The molecule has 0 amide bonds. The Morgan fingerprint density at radius 3 is 2.50 bits per heavy atom. The van der Waals surface area contributed by atoms with Gasteiger partial charge in [-0.05, 0) is 31.4 Å². The molecule has 0 heterocycles. The van der Waals surface area contributed by atoms with Crippen LogP contribution in [0, 0.1) is 18.7 Å². The molecule has 0 aliphatic rings. The molecule has 0 saturated heterocycles. The molecular weight excluding hydrogens is 285 g/mol. The highest BCUT2D eigenvalue weighted by Gasteiger charge is 2.27. The number of hydrogen-bond acceptors (Lipinski definition) is 3. The third-order valence-corrected chi connectivity index (χ3v) is 4.43. The summed E-state index contributed by atoms with van der Waals surface area (Å²) < 4.78 is 39.8. The predicted octanol–water partition coefficient (Wildman–Crippen LogP) is 1.91. The van der Waals surface area contributed by atoms with E-state index in [0.717, 1.165) is 6.07 Å². The highest BCUT2D eigenvalue weighted by Crippen LogP contribution is 2.18. The summed E-state index contributed by atoms with van der Waals surface area (Å²) in [5.74, 6) is -1.90. The first-order valence-corrected chi connectivity index (χ1v) is 7.63. The van der Waals surface area contributed by atoms with E-state index in [1.165, 1.54) is 19.1 Å². The van der Waals surface area contributed by atoms with E-state index >= 15 is 0 Å². The van der Waals surface area contributed by atoms with Gasteiger partial charge < -0.3 is 5.11 Å². The molecule has 20 heavy (non-hydrogen) atoms. The minimum atomic E-state index is -4.07. The number of halogens is 1. The van der Waals surface area contributed by atoms with Crippen molar-refractivity contribution in [2.24, 2.45) is 5.92 Å². The van der Waals surface area contributed by atoms with Gasteiger partial charge in [-0.15, -0.1) is 0 Å². The Bertz CT molecular complexity index is 598.